The van der Waals surface area contributed by atoms with Crippen molar-refractivity contribution < 1.29 is 18.7 Å². The second-order valence-corrected chi connectivity index (χ2v) is 5.93. The van der Waals surface area contributed by atoms with Gasteiger partial charge in [0.25, 0.3) is 11.5 Å². The Hall–Kier alpha value is -3.27. The number of nitrogens with two attached hydrogens (primary N) is 1. The molecule has 0 aliphatic carbocycles. The molecule has 0 atom stereocenters. The third-order valence-electron chi connectivity index (χ3n) is 4.18. The second kappa shape index (κ2) is 7.54. The number of hydrogen-bond acceptors (Lipinski definition) is 5. The standard InChI is InChI=1S/C17H17FN4O5/c18-11-1-3-12(4-2-11)22-16(25)13(15(19)24)9-21(17(22)26)10-14(23)20-5-7-27-8-6-20/h1-4,9H,5-8,10H2,(H2,19,24). The number of carbonyl (C=O) groups is 2. The van der Waals surface area contributed by atoms with E-state index in [-0.39, 0.29) is 18.1 Å². The van der Waals surface area contributed by atoms with Gasteiger partial charge in [-0.3, -0.25) is 19.0 Å². The van der Waals surface area contributed by atoms with Crippen LogP contribution >= 0.6 is 0 Å². The number of carbonyl (C=O) groups excluding carboxylic acids is 2. The lowest BCUT2D eigenvalue weighted by Gasteiger charge is -2.27. The summed E-state index contributed by atoms with van der Waals surface area (Å²) in [6, 6.07) is 4.58. The first-order valence-corrected chi connectivity index (χ1v) is 8.16. The van der Waals surface area contributed by atoms with E-state index < -0.39 is 28.5 Å². The molecule has 0 bridgehead atoms. The van der Waals surface area contributed by atoms with E-state index in [1.54, 1.807) is 0 Å². The quantitative estimate of drug-likeness (QED) is 0.742. The van der Waals surface area contributed by atoms with E-state index in [9.17, 15) is 23.6 Å². The fourth-order valence-corrected chi connectivity index (χ4v) is 2.76. The molecule has 27 heavy (non-hydrogen) atoms. The molecule has 0 spiro atoms. The van der Waals surface area contributed by atoms with Crippen LogP contribution in [0.4, 0.5) is 4.39 Å². The molecule has 1 aromatic heterocycles. The van der Waals surface area contributed by atoms with Crippen LogP contribution in [0.1, 0.15) is 10.4 Å². The molecule has 0 saturated carbocycles. The molecular weight excluding hydrogens is 359 g/mol. The predicted octanol–water partition coefficient (Wildman–Crippen LogP) is -0.904. The summed E-state index contributed by atoms with van der Waals surface area (Å²) < 4.78 is 20.0. The van der Waals surface area contributed by atoms with Crippen molar-refractivity contribution in [2.75, 3.05) is 26.3 Å². The minimum absolute atomic E-state index is 0.0575. The number of ether oxygens (including phenoxy) is 1. The van der Waals surface area contributed by atoms with Gasteiger partial charge in [-0.15, -0.1) is 0 Å². The first-order valence-electron chi connectivity index (χ1n) is 8.16. The fraction of sp³-hybridized carbons (Fsp3) is 0.294. The molecule has 1 fully saturated rings. The molecule has 1 aliphatic rings. The first-order chi connectivity index (χ1) is 12.9. The highest BCUT2D eigenvalue weighted by molar-refractivity contribution is 5.92. The molecule has 2 aromatic rings. The van der Waals surface area contributed by atoms with E-state index in [4.69, 9.17) is 10.5 Å². The molecule has 1 saturated heterocycles. The van der Waals surface area contributed by atoms with Crippen molar-refractivity contribution >= 4 is 11.8 Å². The first kappa shape index (κ1) is 18.5. The number of nitrogens with zero attached hydrogens (tertiary/aromatic N) is 3. The fourth-order valence-electron chi connectivity index (χ4n) is 2.76. The zero-order valence-corrected chi connectivity index (χ0v) is 14.3. The molecule has 3 rings (SSSR count). The smallest absolute Gasteiger partial charge is 0.336 e. The maximum atomic E-state index is 13.2. The van der Waals surface area contributed by atoms with Crippen LogP contribution in [-0.2, 0) is 16.1 Å². The van der Waals surface area contributed by atoms with Gasteiger partial charge in [-0.2, -0.15) is 0 Å². The Morgan fingerprint density at radius 2 is 1.74 bits per heavy atom. The van der Waals surface area contributed by atoms with Crippen LogP contribution in [-0.4, -0.2) is 52.2 Å². The van der Waals surface area contributed by atoms with Gasteiger partial charge < -0.3 is 15.4 Å². The Balaban J connectivity index is 2.07. The van der Waals surface area contributed by atoms with Gasteiger partial charge in [0.2, 0.25) is 5.91 Å². The molecule has 0 unspecified atom stereocenters. The van der Waals surface area contributed by atoms with Crippen LogP contribution < -0.4 is 17.0 Å². The number of benzene rings is 1. The summed E-state index contributed by atoms with van der Waals surface area (Å²) in [5, 5.41) is 0. The van der Waals surface area contributed by atoms with Crippen molar-refractivity contribution in [2.45, 2.75) is 6.54 Å². The zero-order chi connectivity index (χ0) is 19.6. The summed E-state index contributed by atoms with van der Waals surface area (Å²) in [4.78, 5) is 50.8. The van der Waals surface area contributed by atoms with E-state index in [2.05, 4.69) is 0 Å². The summed E-state index contributed by atoms with van der Waals surface area (Å²) >= 11 is 0. The minimum atomic E-state index is -1.04. The molecule has 9 nitrogen and oxygen atoms in total. The van der Waals surface area contributed by atoms with Crippen LogP contribution in [0, 0.1) is 5.82 Å². The third-order valence-corrected chi connectivity index (χ3v) is 4.18. The number of hydrogen-bond donors (Lipinski definition) is 1. The highest BCUT2D eigenvalue weighted by atomic mass is 19.1. The molecule has 1 aromatic carbocycles. The van der Waals surface area contributed by atoms with Crippen LogP contribution in [0.15, 0.2) is 40.1 Å². The number of amides is 2. The Morgan fingerprint density at radius 3 is 2.33 bits per heavy atom. The normalized spacial score (nSPS) is 14.2. The number of primary amides is 1. The molecule has 2 N–H and O–H groups in total. The van der Waals surface area contributed by atoms with Crippen molar-refractivity contribution in [1.82, 2.24) is 14.0 Å². The van der Waals surface area contributed by atoms with E-state index in [1.165, 1.54) is 17.0 Å². The lowest BCUT2D eigenvalue weighted by molar-refractivity contribution is -0.136. The molecule has 1 aliphatic heterocycles. The van der Waals surface area contributed by atoms with Crippen LogP contribution in [0.25, 0.3) is 5.69 Å². The Morgan fingerprint density at radius 1 is 1.11 bits per heavy atom. The van der Waals surface area contributed by atoms with Crippen molar-refractivity contribution in [1.29, 1.82) is 0 Å². The number of halogens is 1. The molecule has 2 amide bonds. The summed E-state index contributed by atoms with van der Waals surface area (Å²) in [6.45, 7) is 1.17. The topological polar surface area (TPSA) is 117 Å². The SMILES string of the molecule is NC(=O)c1cn(CC(=O)N2CCOCC2)c(=O)n(-c2ccc(F)cc2)c1=O. The molecule has 0 radical (unpaired) electrons. The minimum Gasteiger partial charge on any atom is -0.378 e. The summed E-state index contributed by atoms with van der Waals surface area (Å²) in [5.74, 6) is -1.95. The van der Waals surface area contributed by atoms with Gasteiger partial charge in [0.1, 0.15) is 17.9 Å². The van der Waals surface area contributed by atoms with Crippen molar-refractivity contribution in [3.8, 4) is 5.69 Å². The monoisotopic (exact) mass is 376 g/mol. The average molecular weight is 376 g/mol. The Kier molecular flexibility index (Phi) is 5.17. The maximum absolute atomic E-state index is 13.2. The van der Waals surface area contributed by atoms with Crippen LogP contribution in [0.2, 0.25) is 0 Å². The molecule has 2 heterocycles. The van der Waals surface area contributed by atoms with Gasteiger partial charge in [0, 0.05) is 19.3 Å². The van der Waals surface area contributed by atoms with E-state index >= 15 is 0 Å². The van der Waals surface area contributed by atoms with Gasteiger partial charge in [-0.1, -0.05) is 0 Å². The Bertz CT molecular complexity index is 990. The van der Waals surface area contributed by atoms with Gasteiger partial charge in [0.15, 0.2) is 0 Å². The largest absolute Gasteiger partial charge is 0.378 e. The highest BCUT2D eigenvalue weighted by Crippen LogP contribution is 2.06. The summed E-state index contributed by atoms with van der Waals surface area (Å²) in [7, 11) is 0. The summed E-state index contributed by atoms with van der Waals surface area (Å²) in [6.07, 6.45) is 0.978. The zero-order valence-electron chi connectivity index (χ0n) is 14.3. The van der Waals surface area contributed by atoms with Crippen molar-refractivity contribution in [2.24, 2.45) is 5.73 Å². The van der Waals surface area contributed by atoms with E-state index in [0.717, 1.165) is 22.9 Å². The van der Waals surface area contributed by atoms with Crippen molar-refractivity contribution in [3.05, 3.63) is 62.7 Å². The van der Waals surface area contributed by atoms with E-state index in [1.807, 2.05) is 0 Å². The van der Waals surface area contributed by atoms with Gasteiger partial charge in [0.05, 0.1) is 18.9 Å². The number of morpholine rings is 1. The van der Waals surface area contributed by atoms with Crippen LogP contribution in [0.5, 0.6) is 0 Å². The molecule has 142 valence electrons. The lowest BCUT2D eigenvalue weighted by atomic mass is 10.2. The van der Waals surface area contributed by atoms with Crippen molar-refractivity contribution in [3.63, 3.8) is 0 Å². The maximum Gasteiger partial charge on any atom is 0.336 e. The van der Waals surface area contributed by atoms with Gasteiger partial charge in [-0.25, -0.2) is 13.8 Å². The van der Waals surface area contributed by atoms with Crippen LogP contribution in [0.3, 0.4) is 0 Å². The lowest BCUT2D eigenvalue weighted by Crippen LogP contribution is -2.47. The van der Waals surface area contributed by atoms with Gasteiger partial charge in [-0.05, 0) is 24.3 Å². The summed E-state index contributed by atoms with van der Waals surface area (Å²) in [5.41, 5.74) is 3.08. The number of rotatable bonds is 4. The predicted molar refractivity (Wildman–Crippen MR) is 92.2 cm³/mol. The molecular formula is C17H17FN4O5. The number of aromatic nitrogens is 2. The Labute approximate surface area is 152 Å². The molecule has 10 heteroatoms. The van der Waals surface area contributed by atoms with E-state index in [0.29, 0.717) is 30.9 Å². The highest BCUT2D eigenvalue weighted by Gasteiger charge is 2.21. The third kappa shape index (κ3) is 3.80. The average Bonchev–Trinajstić information content (AvgIpc) is 2.66. The van der Waals surface area contributed by atoms with Gasteiger partial charge >= 0.3 is 5.69 Å². The second-order valence-electron chi connectivity index (χ2n) is 5.93.